The van der Waals surface area contributed by atoms with Crippen molar-refractivity contribution >= 4 is 17.5 Å². The Morgan fingerprint density at radius 2 is 1.88 bits per heavy atom. The minimum atomic E-state index is -0.00207. The summed E-state index contributed by atoms with van der Waals surface area (Å²) in [6, 6.07) is 14.1. The van der Waals surface area contributed by atoms with Crippen molar-refractivity contribution in [2.45, 2.75) is 31.1 Å². The maximum Gasteiger partial charge on any atom is 0.224 e. The van der Waals surface area contributed by atoms with Gasteiger partial charge in [0.2, 0.25) is 5.91 Å². The number of fused-ring (bicyclic) bond motifs is 1. The van der Waals surface area contributed by atoms with E-state index in [9.17, 15) is 4.79 Å². The van der Waals surface area contributed by atoms with Crippen molar-refractivity contribution in [1.29, 1.82) is 0 Å². The predicted molar refractivity (Wildman–Crippen MR) is 101 cm³/mol. The van der Waals surface area contributed by atoms with Gasteiger partial charge in [0.05, 0.1) is 24.7 Å². The number of hydrogen-bond acceptors (Lipinski definition) is 3. The lowest BCUT2D eigenvalue weighted by molar-refractivity contribution is -0.120. The van der Waals surface area contributed by atoms with Crippen molar-refractivity contribution in [3.63, 3.8) is 0 Å². The Kier molecular flexibility index (Phi) is 4.77. The zero-order valence-electron chi connectivity index (χ0n) is 14.6. The third kappa shape index (κ3) is 3.65. The number of rotatable bonds is 5. The van der Waals surface area contributed by atoms with Crippen molar-refractivity contribution in [3.8, 4) is 11.5 Å². The van der Waals surface area contributed by atoms with Gasteiger partial charge in [-0.1, -0.05) is 41.9 Å². The molecule has 2 aromatic rings. The molecule has 0 aromatic heterocycles. The summed E-state index contributed by atoms with van der Waals surface area (Å²) in [6.45, 7) is 1.86. The van der Waals surface area contributed by atoms with Crippen molar-refractivity contribution in [3.05, 3.63) is 58.6 Å². The summed E-state index contributed by atoms with van der Waals surface area (Å²) >= 11 is 6.31. The molecule has 0 unspecified atom stereocenters. The number of benzene rings is 2. The summed E-state index contributed by atoms with van der Waals surface area (Å²) < 4.78 is 11.3. The first kappa shape index (κ1) is 17.2. The maximum atomic E-state index is 12.4. The molecule has 0 saturated heterocycles. The van der Waals surface area contributed by atoms with Crippen LogP contribution in [0.1, 0.15) is 30.4 Å². The highest BCUT2D eigenvalue weighted by Crippen LogP contribution is 2.47. The molecular formula is C21H22ClNO3. The Morgan fingerprint density at radius 3 is 2.65 bits per heavy atom. The van der Waals surface area contributed by atoms with Crippen molar-refractivity contribution in [2.24, 2.45) is 0 Å². The van der Waals surface area contributed by atoms with E-state index < -0.39 is 0 Å². The van der Waals surface area contributed by atoms with E-state index in [1.165, 1.54) is 5.56 Å². The second kappa shape index (κ2) is 7.20. The van der Waals surface area contributed by atoms with Crippen LogP contribution in [0.2, 0.25) is 5.02 Å². The van der Waals surface area contributed by atoms with Crippen LogP contribution in [0.15, 0.2) is 42.5 Å². The third-order valence-corrected chi connectivity index (χ3v) is 5.37. The lowest BCUT2D eigenvalue weighted by atomic mass is 9.96. The zero-order chi connectivity index (χ0) is 18.0. The van der Waals surface area contributed by atoms with Crippen LogP contribution in [0.5, 0.6) is 11.5 Å². The fourth-order valence-corrected chi connectivity index (χ4v) is 3.70. The van der Waals surface area contributed by atoms with Crippen molar-refractivity contribution in [1.82, 2.24) is 5.32 Å². The molecule has 1 heterocycles. The highest BCUT2D eigenvalue weighted by atomic mass is 35.5. The smallest absolute Gasteiger partial charge is 0.224 e. The lowest BCUT2D eigenvalue weighted by Crippen LogP contribution is -2.33. The van der Waals surface area contributed by atoms with Crippen molar-refractivity contribution in [2.75, 3.05) is 19.8 Å². The quantitative estimate of drug-likeness (QED) is 0.867. The van der Waals surface area contributed by atoms with Gasteiger partial charge < -0.3 is 14.8 Å². The Morgan fingerprint density at radius 1 is 1.12 bits per heavy atom. The highest BCUT2D eigenvalue weighted by molar-refractivity contribution is 6.32. The molecule has 4 nitrogen and oxygen atoms in total. The SMILES string of the molecule is O=C(Cc1cc(Cl)c2c(c1)OCCCO2)NCC1(c2ccccc2)CC1. The van der Waals surface area contributed by atoms with Crippen LogP contribution in [0.4, 0.5) is 0 Å². The lowest BCUT2D eigenvalue weighted by Gasteiger charge is -2.17. The number of hydrogen-bond donors (Lipinski definition) is 1. The first-order chi connectivity index (χ1) is 12.7. The van der Waals surface area contributed by atoms with Gasteiger partial charge >= 0.3 is 0 Å². The molecule has 1 saturated carbocycles. The Hall–Kier alpha value is -2.20. The molecule has 136 valence electrons. The molecule has 2 aromatic carbocycles. The minimum Gasteiger partial charge on any atom is -0.489 e. The first-order valence-corrected chi connectivity index (χ1v) is 9.44. The van der Waals surface area contributed by atoms with E-state index in [0.717, 1.165) is 24.8 Å². The summed E-state index contributed by atoms with van der Waals surface area (Å²) in [5, 5.41) is 3.59. The Balaban J connectivity index is 1.40. The van der Waals surface area contributed by atoms with Crippen LogP contribution < -0.4 is 14.8 Å². The van der Waals surface area contributed by atoms with Gasteiger partial charge in [-0.05, 0) is 36.1 Å². The molecule has 5 heteroatoms. The molecule has 1 amide bonds. The van der Waals surface area contributed by atoms with Crippen molar-refractivity contribution < 1.29 is 14.3 Å². The molecule has 2 aliphatic rings. The van der Waals surface area contributed by atoms with Crippen LogP contribution in [0.3, 0.4) is 0 Å². The largest absolute Gasteiger partial charge is 0.489 e. The number of amides is 1. The predicted octanol–water partition coefficient (Wildman–Crippen LogP) is 3.89. The monoisotopic (exact) mass is 371 g/mol. The first-order valence-electron chi connectivity index (χ1n) is 9.07. The molecule has 1 aliphatic heterocycles. The molecule has 1 fully saturated rings. The third-order valence-electron chi connectivity index (χ3n) is 5.09. The van der Waals surface area contributed by atoms with Gasteiger partial charge in [0, 0.05) is 18.4 Å². The fraction of sp³-hybridized carbons (Fsp3) is 0.381. The topological polar surface area (TPSA) is 47.6 Å². The molecule has 0 radical (unpaired) electrons. The zero-order valence-corrected chi connectivity index (χ0v) is 15.3. The van der Waals surface area contributed by atoms with Gasteiger partial charge in [-0.3, -0.25) is 4.79 Å². The van der Waals surface area contributed by atoms with Crippen LogP contribution in [-0.4, -0.2) is 25.7 Å². The number of nitrogens with one attached hydrogen (secondary N) is 1. The van der Waals surface area contributed by atoms with Gasteiger partial charge in [0.1, 0.15) is 0 Å². The molecule has 1 N–H and O–H groups in total. The fourth-order valence-electron chi connectivity index (χ4n) is 3.41. The summed E-state index contributed by atoms with van der Waals surface area (Å²) in [6.07, 6.45) is 3.34. The summed E-state index contributed by atoms with van der Waals surface area (Å²) in [5.41, 5.74) is 2.25. The van der Waals surface area contributed by atoms with E-state index in [2.05, 4.69) is 29.6 Å². The van der Waals surface area contributed by atoms with Crippen LogP contribution in [0.25, 0.3) is 0 Å². The molecular weight excluding hydrogens is 350 g/mol. The van der Waals surface area contributed by atoms with E-state index >= 15 is 0 Å². The number of carbonyl (C=O) groups is 1. The van der Waals surface area contributed by atoms with Gasteiger partial charge in [-0.15, -0.1) is 0 Å². The van der Waals surface area contributed by atoms with Gasteiger partial charge in [-0.25, -0.2) is 0 Å². The maximum absolute atomic E-state index is 12.4. The van der Waals surface area contributed by atoms with E-state index in [1.54, 1.807) is 6.07 Å². The average Bonchev–Trinajstić information content (AvgIpc) is 3.45. The Bertz CT molecular complexity index is 802. The summed E-state index contributed by atoms with van der Waals surface area (Å²) in [5.74, 6) is 1.20. The summed E-state index contributed by atoms with van der Waals surface area (Å²) in [7, 11) is 0. The number of carbonyl (C=O) groups excluding carboxylic acids is 1. The van der Waals surface area contributed by atoms with E-state index in [-0.39, 0.29) is 17.7 Å². The van der Waals surface area contributed by atoms with E-state index in [1.807, 2.05) is 12.1 Å². The molecule has 26 heavy (non-hydrogen) atoms. The summed E-state index contributed by atoms with van der Waals surface area (Å²) in [4.78, 5) is 12.4. The second-order valence-electron chi connectivity index (χ2n) is 7.06. The number of ether oxygens (including phenoxy) is 2. The average molecular weight is 372 g/mol. The van der Waals surface area contributed by atoms with Gasteiger partial charge in [-0.2, -0.15) is 0 Å². The van der Waals surface area contributed by atoms with E-state index in [4.69, 9.17) is 21.1 Å². The van der Waals surface area contributed by atoms with Crippen LogP contribution in [0, 0.1) is 0 Å². The molecule has 0 atom stereocenters. The second-order valence-corrected chi connectivity index (χ2v) is 7.46. The minimum absolute atomic E-state index is 0.00207. The number of halogens is 1. The Labute approximate surface area is 158 Å². The standard InChI is InChI=1S/C21H22ClNO3/c22-17-11-15(12-18-20(17)26-10-4-9-25-18)13-19(24)23-14-21(7-8-21)16-5-2-1-3-6-16/h1-3,5-6,11-12H,4,7-10,13-14H2,(H,23,24). The van der Waals surface area contributed by atoms with Gasteiger partial charge in [0.15, 0.2) is 11.5 Å². The van der Waals surface area contributed by atoms with E-state index in [0.29, 0.717) is 36.3 Å². The molecule has 0 bridgehead atoms. The molecule has 0 spiro atoms. The normalized spacial score (nSPS) is 17.3. The molecule has 4 rings (SSSR count). The van der Waals surface area contributed by atoms with Crippen LogP contribution >= 0.6 is 11.6 Å². The van der Waals surface area contributed by atoms with Gasteiger partial charge in [0.25, 0.3) is 0 Å². The highest BCUT2D eigenvalue weighted by Gasteiger charge is 2.44. The molecule has 1 aliphatic carbocycles. The van der Waals surface area contributed by atoms with Crippen LogP contribution in [-0.2, 0) is 16.6 Å².